The molecule has 0 heterocycles. The number of carbonyl (C=O) groups excluding carboxylic acids is 2. The fourth-order valence-corrected chi connectivity index (χ4v) is 0.263. The Kier molecular flexibility index (Phi) is 14.0. The summed E-state index contributed by atoms with van der Waals surface area (Å²) in [5, 5.41) is 19.3. The van der Waals surface area contributed by atoms with Gasteiger partial charge in [0, 0.05) is 18.4 Å². The Morgan fingerprint density at radius 2 is 1.73 bits per heavy atom. The largest absolute Gasteiger partial charge is 2.00 e. The zero-order valence-corrected chi connectivity index (χ0v) is 9.53. The van der Waals surface area contributed by atoms with E-state index in [1.807, 2.05) is 0 Å². The zero-order valence-electron chi connectivity index (χ0n) is 5.61. The molecule has 0 saturated carbocycles. The van der Waals surface area contributed by atoms with Crippen LogP contribution in [0.1, 0.15) is 6.42 Å². The molecule has 1 atom stereocenters. The van der Waals surface area contributed by atoms with Crippen molar-refractivity contribution in [2.45, 2.75) is 12.5 Å². The fraction of sp³-hybridized carbons (Fsp3) is 0.500. The molecule has 0 spiro atoms. The van der Waals surface area contributed by atoms with Crippen molar-refractivity contribution in [3.63, 3.8) is 0 Å². The van der Waals surface area contributed by atoms with Gasteiger partial charge in [-0.15, -0.1) is 17.0 Å². The smallest absolute Gasteiger partial charge is 0.550 e. The van der Waals surface area contributed by atoms with E-state index in [-0.39, 0.29) is 54.7 Å². The molecule has 0 aromatic carbocycles. The summed E-state index contributed by atoms with van der Waals surface area (Å²) in [6, 6.07) is -1.46. The van der Waals surface area contributed by atoms with Crippen LogP contribution in [0.15, 0.2) is 0 Å². The number of carboxylic acids is 2. The molecular weight excluding hydrogens is 246 g/mol. The minimum Gasteiger partial charge on any atom is -0.550 e. The minimum absolute atomic E-state index is 0. The molecule has 0 radical (unpaired) electrons. The van der Waals surface area contributed by atoms with Gasteiger partial charge in [-0.25, -0.2) is 0 Å². The van der Waals surface area contributed by atoms with E-state index >= 15 is 0 Å². The first-order valence-electron chi connectivity index (χ1n) is 2.20. The van der Waals surface area contributed by atoms with E-state index in [1.54, 1.807) is 0 Å². The summed E-state index contributed by atoms with van der Waals surface area (Å²) in [5.74, 6) is -3.08. The van der Waals surface area contributed by atoms with Gasteiger partial charge in [-0.05, 0) is 0 Å². The van der Waals surface area contributed by atoms with Gasteiger partial charge in [-0.2, -0.15) is 0 Å². The van der Waals surface area contributed by atoms with Crippen LogP contribution in [0, 0.1) is 0 Å². The first-order valence-corrected chi connectivity index (χ1v) is 2.20. The minimum atomic E-state index is -1.58. The van der Waals surface area contributed by atoms with Crippen LogP contribution in [0.5, 0.6) is 0 Å². The molecule has 0 saturated heterocycles. The van der Waals surface area contributed by atoms with Crippen molar-refractivity contribution in [2.75, 3.05) is 0 Å². The number of hydrogen-bond acceptors (Lipinski definition) is 5. The molecule has 0 amide bonds. The topological polar surface area (TPSA) is 106 Å². The van der Waals surface area contributed by atoms with Crippen LogP contribution < -0.4 is 15.9 Å². The summed E-state index contributed by atoms with van der Waals surface area (Å²) >= 11 is 0. The van der Waals surface area contributed by atoms with Crippen molar-refractivity contribution < 1.29 is 19.8 Å². The van der Waals surface area contributed by atoms with Crippen molar-refractivity contribution in [1.29, 1.82) is 0 Å². The standard InChI is InChI=1S/C4H7NO4.BrH.Ca/c5-2(4(8)9)1-3(6)7;;/h2H,1,5H2,(H,6,7)(H,8,9);1H;/q;;+2/p-2. The Hall–Kier alpha value is 0.640. The molecule has 0 bridgehead atoms. The molecule has 5 nitrogen and oxygen atoms in total. The number of hydrogen-bond donors (Lipinski definition) is 1. The summed E-state index contributed by atoms with van der Waals surface area (Å²) in [7, 11) is 0. The molecule has 0 aliphatic carbocycles. The molecule has 2 N–H and O–H groups in total. The number of carbonyl (C=O) groups is 2. The number of rotatable bonds is 3. The van der Waals surface area contributed by atoms with Gasteiger partial charge in [-0.1, -0.05) is 0 Å². The maximum atomic E-state index is 9.71. The summed E-state index contributed by atoms with van der Waals surface area (Å²) in [5.41, 5.74) is 4.73. The van der Waals surface area contributed by atoms with Crippen molar-refractivity contribution in [1.82, 2.24) is 0 Å². The van der Waals surface area contributed by atoms with E-state index < -0.39 is 24.4 Å². The maximum absolute atomic E-state index is 9.71. The Balaban J connectivity index is -0.000000320. The van der Waals surface area contributed by atoms with Crippen LogP contribution in [0.25, 0.3) is 0 Å². The molecule has 0 aromatic rings. The van der Waals surface area contributed by atoms with E-state index in [2.05, 4.69) is 0 Å². The summed E-state index contributed by atoms with van der Waals surface area (Å²) in [6.07, 6.45) is -0.706. The second kappa shape index (κ2) is 8.73. The number of nitrogens with two attached hydrogens (primary N) is 1. The molecule has 0 aliphatic rings. The third-order valence-electron chi connectivity index (χ3n) is 0.689. The molecule has 0 rings (SSSR count). The molecule has 60 valence electrons. The van der Waals surface area contributed by atoms with Crippen LogP contribution in [0.3, 0.4) is 0 Å². The third kappa shape index (κ3) is 10.6. The average Bonchev–Trinajstić information content (AvgIpc) is 1.63. The van der Waals surface area contributed by atoms with Crippen LogP contribution in [-0.2, 0) is 9.59 Å². The Labute approximate surface area is 104 Å². The van der Waals surface area contributed by atoms with Gasteiger partial charge in [0.25, 0.3) is 0 Å². The first-order chi connectivity index (χ1) is 4.04. The van der Waals surface area contributed by atoms with Gasteiger partial charge in [0.2, 0.25) is 0 Å². The van der Waals surface area contributed by atoms with E-state index in [0.717, 1.165) is 0 Å². The van der Waals surface area contributed by atoms with Crippen molar-refractivity contribution in [3.8, 4) is 0 Å². The number of halogens is 1. The summed E-state index contributed by atoms with van der Waals surface area (Å²) in [4.78, 5) is 19.3. The van der Waals surface area contributed by atoms with Gasteiger partial charge in [0.15, 0.2) is 0 Å². The second-order valence-corrected chi connectivity index (χ2v) is 1.50. The van der Waals surface area contributed by atoms with Crippen molar-refractivity contribution in [2.24, 2.45) is 5.73 Å². The van der Waals surface area contributed by atoms with Crippen LogP contribution >= 0.6 is 17.0 Å². The van der Waals surface area contributed by atoms with Gasteiger partial charge < -0.3 is 25.5 Å². The monoisotopic (exact) mass is 251 g/mol. The van der Waals surface area contributed by atoms with Crippen molar-refractivity contribution >= 4 is 66.7 Å². The molecule has 0 fully saturated rings. The van der Waals surface area contributed by atoms with E-state index in [9.17, 15) is 19.8 Å². The van der Waals surface area contributed by atoms with Gasteiger partial charge in [0.05, 0.1) is 5.97 Å². The zero-order chi connectivity index (χ0) is 7.44. The van der Waals surface area contributed by atoms with Crippen LogP contribution in [0.4, 0.5) is 0 Å². The van der Waals surface area contributed by atoms with Crippen LogP contribution in [-0.4, -0.2) is 55.7 Å². The second-order valence-electron chi connectivity index (χ2n) is 1.50. The SMILES string of the molecule is Br.NC(CC(=O)[O-])C(=O)[O-].[Ca+2]. The van der Waals surface area contributed by atoms with Gasteiger partial charge in [-0.3, -0.25) is 0 Å². The maximum Gasteiger partial charge on any atom is 2.00 e. The predicted molar refractivity (Wildman–Crippen MR) is 38.7 cm³/mol. The predicted octanol–water partition coefficient (Wildman–Crippen LogP) is -3.60. The molecular formula is C4H6BrCaNO4. The normalized spacial score (nSPS) is 10.3. The third-order valence-corrected chi connectivity index (χ3v) is 0.689. The molecule has 1 unspecified atom stereocenters. The van der Waals surface area contributed by atoms with Crippen molar-refractivity contribution in [3.05, 3.63) is 0 Å². The Morgan fingerprint density at radius 1 is 1.36 bits per heavy atom. The average molecular weight is 252 g/mol. The molecule has 0 aromatic heterocycles. The molecule has 0 aliphatic heterocycles. The summed E-state index contributed by atoms with van der Waals surface area (Å²) in [6.45, 7) is 0. The Bertz CT molecular complexity index is 142. The summed E-state index contributed by atoms with van der Waals surface area (Å²) < 4.78 is 0. The number of aliphatic carboxylic acids is 2. The quantitative estimate of drug-likeness (QED) is 0.522. The number of carboxylic acid groups (broad SMARTS) is 2. The van der Waals surface area contributed by atoms with E-state index in [1.165, 1.54) is 0 Å². The van der Waals surface area contributed by atoms with E-state index in [4.69, 9.17) is 5.73 Å². The molecule has 11 heavy (non-hydrogen) atoms. The van der Waals surface area contributed by atoms with Gasteiger partial charge in [0.1, 0.15) is 0 Å². The fourth-order valence-electron chi connectivity index (χ4n) is 0.263. The Morgan fingerprint density at radius 3 is 1.82 bits per heavy atom. The van der Waals surface area contributed by atoms with E-state index in [0.29, 0.717) is 0 Å². The molecule has 7 heteroatoms. The first kappa shape index (κ1) is 17.7. The van der Waals surface area contributed by atoms with Gasteiger partial charge >= 0.3 is 37.7 Å². The van der Waals surface area contributed by atoms with Crippen LogP contribution in [0.2, 0.25) is 0 Å².